The van der Waals surface area contributed by atoms with Gasteiger partial charge in [0, 0.05) is 18.7 Å². The SMILES string of the molecule is Cc1ccoc1C(=O)NCC1CCN(Cc2nc3ccccc3[nH]2)C1. The standard InChI is InChI=1S/C19H22N4O2/c1-13-7-9-25-18(13)19(24)20-10-14-6-8-23(11-14)12-17-21-15-4-2-3-5-16(15)22-17/h2-5,7,9,14H,6,8,10-12H2,1H3,(H,20,24)(H,21,22). The average molecular weight is 338 g/mol. The Morgan fingerprint density at radius 3 is 3.08 bits per heavy atom. The molecule has 1 fully saturated rings. The van der Waals surface area contributed by atoms with Crippen LogP contribution >= 0.6 is 0 Å². The molecule has 1 aliphatic rings. The fourth-order valence-corrected chi connectivity index (χ4v) is 3.44. The Kier molecular flexibility index (Phi) is 4.28. The lowest BCUT2D eigenvalue weighted by molar-refractivity contribution is 0.0918. The number of amides is 1. The number of likely N-dealkylation sites (tertiary alicyclic amines) is 1. The Labute approximate surface area is 146 Å². The van der Waals surface area contributed by atoms with Crippen molar-refractivity contribution in [2.45, 2.75) is 19.9 Å². The maximum absolute atomic E-state index is 12.1. The first kappa shape index (κ1) is 15.9. The molecule has 3 heterocycles. The van der Waals surface area contributed by atoms with Crippen molar-refractivity contribution in [1.29, 1.82) is 0 Å². The number of aromatic nitrogens is 2. The van der Waals surface area contributed by atoms with Gasteiger partial charge in [-0.25, -0.2) is 4.98 Å². The molecule has 1 aromatic carbocycles. The van der Waals surface area contributed by atoms with Crippen LogP contribution in [-0.4, -0.2) is 40.4 Å². The topological polar surface area (TPSA) is 74.2 Å². The van der Waals surface area contributed by atoms with Gasteiger partial charge in [0.25, 0.3) is 5.91 Å². The van der Waals surface area contributed by atoms with Gasteiger partial charge in [-0.1, -0.05) is 12.1 Å². The molecule has 0 saturated carbocycles. The first-order valence-electron chi connectivity index (χ1n) is 8.67. The molecule has 2 aromatic heterocycles. The monoisotopic (exact) mass is 338 g/mol. The highest BCUT2D eigenvalue weighted by molar-refractivity contribution is 5.92. The normalized spacial score (nSPS) is 18.0. The van der Waals surface area contributed by atoms with Crippen LogP contribution in [0.4, 0.5) is 0 Å². The average Bonchev–Trinajstić information content (AvgIpc) is 3.32. The second kappa shape index (κ2) is 6.72. The number of benzene rings is 1. The third-order valence-corrected chi connectivity index (χ3v) is 4.80. The van der Waals surface area contributed by atoms with E-state index in [-0.39, 0.29) is 5.91 Å². The molecule has 4 rings (SSSR count). The highest BCUT2D eigenvalue weighted by Crippen LogP contribution is 2.19. The van der Waals surface area contributed by atoms with Gasteiger partial charge in [-0.05, 0) is 44.0 Å². The van der Waals surface area contributed by atoms with Crippen molar-refractivity contribution in [1.82, 2.24) is 20.2 Å². The number of aromatic amines is 1. The van der Waals surface area contributed by atoms with Crippen LogP contribution in [0.15, 0.2) is 41.0 Å². The first-order valence-corrected chi connectivity index (χ1v) is 8.67. The number of rotatable bonds is 5. The van der Waals surface area contributed by atoms with Crippen molar-refractivity contribution in [3.8, 4) is 0 Å². The van der Waals surface area contributed by atoms with Gasteiger partial charge in [0.1, 0.15) is 5.82 Å². The van der Waals surface area contributed by atoms with Crippen molar-refractivity contribution < 1.29 is 9.21 Å². The van der Waals surface area contributed by atoms with E-state index in [0.29, 0.717) is 18.2 Å². The third-order valence-electron chi connectivity index (χ3n) is 4.80. The lowest BCUT2D eigenvalue weighted by Crippen LogP contribution is -2.31. The fraction of sp³-hybridized carbons (Fsp3) is 0.368. The third kappa shape index (κ3) is 3.44. The molecule has 0 radical (unpaired) electrons. The molecule has 0 bridgehead atoms. The van der Waals surface area contributed by atoms with Crippen molar-refractivity contribution in [3.63, 3.8) is 0 Å². The van der Waals surface area contributed by atoms with Crippen LogP contribution in [-0.2, 0) is 6.54 Å². The summed E-state index contributed by atoms with van der Waals surface area (Å²) in [5.74, 6) is 1.75. The summed E-state index contributed by atoms with van der Waals surface area (Å²) in [5.41, 5.74) is 2.96. The van der Waals surface area contributed by atoms with Crippen LogP contribution < -0.4 is 5.32 Å². The number of carbonyl (C=O) groups is 1. The summed E-state index contributed by atoms with van der Waals surface area (Å²) in [5, 5.41) is 2.99. The van der Waals surface area contributed by atoms with Crippen LogP contribution in [0.3, 0.4) is 0 Å². The van der Waals surface area contributed by atoms with Crippen LogP contribution in [0.1, 0.15) is 28.4 Å². The van der Waals surface area contributed by atoms with Crippen molar-refractivity contribution in [2.75, 3.05) is 19.6 Å². The Morgan fingerprint density at radius 2 is 2.28 bits per heavy atom. The summed E-state index contributed by atoms with van der Waals surface area (Å²) >= 11 is 0. The number of imidazole rings is 1. The van der Waals surface area contributed by atoms with Crippen LogP contribution in [0.5, 0.6) is 0 Å². The largest absolute Gasteiger partial charge is 0.459 e. The molecule has 6 nitrogen and oxygen atoms in total. The summed E-state index contributed by atoms with van der Waals surface area (Å²) in [6.07, 6.45) is 2.63. The fourth-order valence-electron chi connectivity index (χ4n) is 3.44. The number of carbonyl (C=O) groups excluding carboxylic acids is 1. The first-order chi connectivity index (χ1) is 12.2. The maximum atomic E-state index is 12.1. The molecule has 25 heavy (non-hydrogen) atoms. The highest BCUT2D eigenvalue weighted by atomic mass is 16.3. The Hall–Kier alpha value is -2.60. The van der Waals surface area contributed by atoms with Crippen molar-refractivity contribution in [3.05, 3.63) is 53.7 Å². The van der Waals surface area contributed by atoms with E-state index in [1.165, 1.54) is 0 Å². The van der Waals surface area contributed by atoms with Gasteiger partial charge in [-0.3, -0.25) is 9.69 Å². The molecule has 1 atom stereocenters. The summed E-state index contributed by atoms with van der Waals surface area (Å²) in [4.78, 5) is 22.5. The summed E-state index contributed by atoms with van der Waals surface area (Å²) in [6, 6.07) is 9.89. The van der Waals surface area contributed by atoms with Gasteiger partial charge in [-0.15, -0.1) is 0 Å². The quantitative estimate of drug-likeness (QED) is 0.750. The second-order valence-corrected chi connectivity index (χ2v) is 6.73. The zero-order valence-electron chi connectivity index (χ0n) is 14.3. The number of fused-ring (bicyclic) bond motifs is 1. The molecule has 1 aliphatic heterocycles. The molecule has 2 N–H and O–H groups in total. The Balaban J connectivity index is 1.29. The Morgan fingerprint density at radius 1 is 1.40 bits per heavy atom. The van der Waals surface area contributed by atoms with Gasteiger partial charge < -0.3 is 14.7 Å². The van der Waals surface area contributed by atoms with E-state index < -0.39 is 0 Å². The number of hydrogen-bond acceptors (Lipinski definition) is 4. The van der Waals surface area contributed by atoms with Gasteiger partial charge >= 0.3 is 0 Å². The molecule has 1 saturated heterocycles. The molecule has 0 spiro atoms. The summed E-state index contributed by atoms with van der Waals surface area (Å²) in [6.45, 7) is 5.36. The second-order valence-electron chi connectivity index (χ2n) is 6.73. The smallest absolute Gasteiger partial charge is 0.287 e. The van der Waals surface area contributed by atoms with E-state index in [1.807, 2.05) is 31.2 Å². The molecule has 1 unspecified atom stereocenters. The van der Waals surface area contributed by atoms with Crippen molar-refractivity contribution >= 4 is 16.9 Å². The number of hydrogen-bond donors (Lipinski definition) is 2. The van der Waals surface area contributed by atoms with Gasteiger partial charge in [0.15, 0.2) is 5.76 Å². The summed E-state index contributed by atoms with van der Waals surface area (Å²) < 4.78 is 5.24. The molecule has 0 aliphatic carbocycles. The van der Waals surface area contributed by atoms with Gasteiger partial charge in [-0.2, -0.15) is 0 Å². The van der Waals surface area contributed by atoms with E-state index in [9.17, 15) is 4.79 Å². The van der Waals surface area contributed by atoms with E-state index in [0.717, 1.165) is 48.5 Å². The molecule has 3 aromatic rings. The Bertz CT molecular complexity index is 849. The van der Waals surface area contributed by atoms with Crippen LogP contribution in [0.2, 0.25) is 0 Å². The van der Waals surface area contributed by atoms with E-state index in [2.05, 4.69) is 20.2 Å². The van der Waals surface area contributed by atoms with Gasteiger partial charge in [0.05, 0.1) is 23.8 Å². The van der Waals surface area contributed by atoms with Crippen LogP contribution in [0.25, 0.3) is 11.0 Å². The minimum absolute atomic E-state index is 0.127. The minimum Gasteiger partial charge on any atom is -0.459 e. The lowest BCUT2D eigenvalue weighted by atomic mass is 10.1. The zero-order chi connectivity index (χ0) is 17.2. The van der Waals surface area contributed by atoms with Gasteiger partial charge in [0.2, 0.25) is 0 Å². The molecular weight excluding hydrogens is 316 g/mol. The number of nitrogens with zero attached hydrogens (tertiary/aromatic N) is 2. The van der Waals surface area contributed by atoms with Crippen LogP contribution in [0, 0.1) is 12.8 Å². The number of aryl methyl sites for hydroxylation is 1. The maximum Gasteiger partial charge on any atom is 0.287 e. The predicted molar refractivity (Wildman–Crippen MR) is 95.3 cm³/mol. The number of H-pyrrole nitrogens is 1. The van der Waals surface area contributed by atoms with E-state index in [1.54, 1.807) is 12.3 Å². The van der Waals surface area contributed by atoms with E-state index in [4.69, 9.17) is 4.42 Å². The van der Waals surface area contributed by atoms with Crippen molar-refractivity contribution in [2.24, 2.45) is 5.92 Å². The minimum atomic E-state index is -0.127. The highest BCUT2D eigenvalue weighted by Gasteiger charge is 2.24. The zero-order valence-corrected chi connectivity index (χ0v) is 14.3. The number of para-hydroxylation sites is 2. The number of nitrogens with one attached hydrogen (secondary N) is 2. The predicted octanol–water partition coefficient (Wildman–Crippen LogP) is 2.72. The molecule has 6 heteroatoms. The molecule has 1 amide bonds. The summed E-state index contributed by atoms with van der Waals surface area (Å²) in [7, 11) is 0. The number of furan rings is 1. The lowest BCUT2D eigenvalue weighted by Gasteiger charge is -2.14. The van der Waals surface area contributed by atoms with E-state index >= 15 is 0 Å². The molecular formula is C19H22N4O2. The molecule has 130 valence electrons.